The van der Waals surface area contributed by atoms with Crippen LogP contribution in [0.2, 0.25) is 5.02 Å². The summed E-state index contributed by atoms with van der Waals surface area (Å²) in [6.45, 7) is -0.0193. The number of halogens is 1. The summed E-state index contributed by atoms with van der Waals surface area (Å²) >= 11 is 6.12. The van der Waals surface area contributed by atoms with E-state index in [1.165, 1.54) is 6.08 Å². The molecule has 0 unspecified atom stereocenters. The van der Waals surface area contributed by atoms with Gasteiger partial charge in [-0.05, 0) is 35.4 Å². The maximum absolute atomic E-state index is 12.8. The van der Waals surface area contributed by atoms with Gasteiger partial charge in [0.25, 0.3) is 11.8 Å². The molecule has 0 radical (unpaired) electrons. The monoisotopic (exact) mass is 383 g/mol. The molecule has 0 aliphatic carbocycles. The first-order valence-corrected chi connectivity index (χ1v) is 8.64. The maximum atomic E-state index is 12.8. The summed E-state index contributed by atoms with van der Waals surface area (Å²) in [5.41, 5.74) is 2.20. The first-order valence-electron chi connectivity index (χ1n) is 8.26. The molecule has 6 nitrogen and oxygen atoms in total. The van der Waals surface area contributed by atoms with Crippen LogP contribution in [0.5, 0.6) is 0 Å². The summed E-state index contributed by atoms with van der Waals surface area (Å²) in [4.78, 5) is 40.0. The molecule has 1 heterocycles. The average Bonchev–Trinajstić information content (AvgIpc) is 2.64. The molecule has 1 saturated heterocycles. The molecule has 7 heteroatoms. The third kappa shape index (κ3) is 4.01. The fourth-order valence-corrected chi connectivity index (χ4v) is 2.87. The molecule has 0 spiro atoms. The van der Waals surface area contributed by atoms with E-state index in [2.05, 4.69) is 5.32 Å². The van der Waals surface area contributed by atoms with Gasteiger partial charge < -0.3 is 4.90 Å². The van der Waals surface area contributed by atoms with Crippen LogP contribution in [0.4, 0.5) is 10.5 Å². The molecule has 2 aromatic carbocycles. The highest BCUT2D eigenvalue weighted by atomic mass is 35.5. The molecule has 0 saturated carbocycles. The lowest BCUT2D eigenvalue weighted by atomic mass is 10.1. The van der Waals surface area contributed by atoms with Crippen LogP contribution in [0, 0.1) is 0 Å². The van der Waals surface area contributed by atoms with Crippen molar-refractivity contribution in [2.24, 2.45) is 0 Å². The van der Waals surface area contributed by atoms with Crippen molar-refractivity contribution >= 4 is 41.2 Å². The Labute approximate surface area is 162 Å². The zero-order chi connectivity index (χ0) is 19.6. The highest BCUT2D eigenvalue weighted by molar-refractivity contribution is 6.32. The average molecular weight is 384 g/mol. The number of hydrogen-bond donors (Lipinski definition) is 1. The van der Waals surface area contributed by atoms with Gasteiger partial charge in [0.1, 0.15) is 5.57 Å². The lowest BCUT2D eigenvalue weighted by Gasteiger charge is -2.26. The predicted octanol–water partition coefficient (Wildman–Crippen LogP) is 3.07. The normalized spacial score (nSPS) is 15.9. The van der Waals surface area contributed by atoms with E-state index in [1.54, 1.807) is 36.4 Å². The number of amides is 4. The number of urea groups is 1. The number of imide groups is 2. The number of hydrogen-bond acceptors (Lipinski definition) is 4. The van der Waals surface area contributed by atoms with Gasteiger partial charge in [0.05, 0.1) is 6.54 Å². The standard InChI is InChI=1S/C20H18ClN3O3/c1-23(2)15-9-7-13(8-10-15)11-16-18(25)22-20(27)24(19(16)26)12-14-5-3-4-6-17(14)21/h3-11H,12H2,1-2H3,(H,22,25,27)/b16-11-. The molecule has 1 aliphatic rings. The summed E-state index contributed by atoms with van der Waals surface area (Å²) in [7, 11) is 3.84. The summed E-state index contributed by atoms with van der Waals surface area (Å²) in [6.07, 6.45) is 1.48. The number of nitrogens with zero attached hydrogens (tertiary/aromatic N) is 2. The van der Waals surface area contributed by atoms with Gasteiger partial charge in [-0.1, -0.05) is 41.9 Å². The lowest BCUT2D eigenvalue weighted by molar-refractivity contribution is -0.130. The number of rotatable bonds is 4. The van der Waals surface area contributed by atoms with Gasteiger partial charge in [0, 0.05) is 24.8 Å². The number of carbonyl (C=O) groups excluding carboxylic acids is 3. The van der Waals surface area contributed by atoms with Crippen LogP contribution in [-0.4, -0.2) is 36.8 Å². The second-order valence-electron chi connectivity index (χ2n) is 6.29. The smallest absolute Gasteiger partial charge is 0.331 e. The Hall–Kier alpha value is -3.12. The third-order valence-electron chi connectivity index (χ3n) is 4.19. The molecular formula is C20H18ClN3O3. The molecule has 0 aromatic heterocycles. The number of anilines is 1. The van der Waals surface area contributed by atoms with Gasteiger partial charge in [-0.3, -0.25) is 19.8 Å². The van der Waals surface area contributed by atoms with Gasteiger partial charge in [-0.25, -0.2) is 4.79 Å². The van der Waals surface area contributed by atoms with Crippen LogP contribution in [0.15, 0.2) is 54.1 Å². The third-order valence-corrected chi connectivity index (χ3v) is 4.56. The van der Waals surface area contributed by atoms with Crippen molar-refractivity contribution in [3.63, 3.8) is 0 Å². The van der Waals surface area contributed by atoms with E-state index < -0.39 is 17.8 Å². The number of nitrogens with one attached hydrogen (secondary N) is 1. The van der Waals surface area contributed by atoms with E-state index in [0.29, 0.717) is 16.1 Å². The zero-order valence-corrected chi connectivity index (χ0v) is 15.7. The number of barbiturate groups is 1. The minimum absolute atomic E-state index is 0.0193. The molecule has 1 aliphatic heterocycles. The van der Waals surface area contributed by atoms with Crippen molar-refractivity contribution in [1.29, 1.82) is 0 Å². The second kappa shape index (κ2) is 7.63. The van der Waals surface area contributed by atoms with Gasteiger partial charge in [-0.2, -0.15) is 0 Å². The minimum atomic E-state index is -0.759. The van der Waals surface area contributed by atoms with Crippen molar-refractivity contribution in [1.82, 2.24) is 10.2 Å². The van der Waals surface area contributed by atoms with E-state index in [1.807, 2.05) is 31.1 Å². The number of carbonyl (C=O) groups is 3. The topological polar surface area (TPSA) is 69.7 Å². The van der Waals surface area contributed by atoms with Crippen molar-refractivity contribution in [2.75, 3.05) is 19.0 Å². The molecule has 2 aromatic rings. The highest BCUT2D eigenvalue weighted by Crippen LogP contribution is 2.22. The van der Waals surface area contributed by atoms with Crippen LogP contribution < -0.4 is 10.2 Å². The fourth-order valence-electron chi connectivity index (χ4n) is 2.67. The molecule has 138 valence electrons. The Morgan fingerprint density at radius 2 is 1.70 bits per heavy atom. The van der Waals surface area contributed by atoms with E-state index in [0.717, 1.165) is 10.6 Å². The molecule has 0 atom stereocenters. The van der Waals surface area contributed by atoms with Gasteiger partial charge in [0.15, 0.2) is 0 Å². The van der Waals surface area contributed by atoms with Crippen LogP contribution in [0.25, 0.3) is 6.08 Å². The van der Waals surface area contributed by atoms with E-state index in [-0.39, 0.29) is 12.1 Å². The van der Waals surface area contributed by atoms with Crippen LogP contribution >= 0.6 is 11.6 Å². The van der Waals surface area contributed by atoms with Crippen molar-refractivity contribution in [3.8, 4) is 0 Å². The molecule has 4 amide bonds. The van der Waals surface area contributed by atoms with Crippen molar-refractivity contribution < 1.29 is 14.4 Å². The van der Waals surface area contributed by atoms with Gasteiger partial charge in [0.2, 0.25) is 0 Å². The molecule has 0 bridgehead atoms. The van der Waals surface area contributed by atoms with Crippen LogP contribution in [0.3, 0.4) is 0 Å². The Bertz CT molecular complexity index is 936. The maximum Gasteiger partial charge on any atom is 0.331 e. The number of benzene rings is 2. The fraction of sp³-hybridized carbons (Fsp3) is 0.150. The minimum Gasteiger partial charge on any atom is -0.378 e. The molecule has 3 rings (SSSR count). The first-order chi connectivity index (χ1) is 12.9. The lowest BCUT2D eigenvalue weighted by Crippen LogP contribution is -2.53. The summed E-state index contributed by atoms with van der Waals surface area (Å²) in [5, 5.41) is 2.65. The van der Waals surface area contributed by atoms with Crippen molar-refractivity contribution in [3.05, 3.63) is 70.3 Å². The second-order valence-corrected chi connectivity index (χ2v) is 6.69. The SMILES string of the molecule is CN(C)c1ccc(/C=C2/C(=O)NC(=O)N(Cc3ccccc3Cl)C2=O)cc1. The summed E-state index contributed by atoms with van der Waals surface area (Å²) < 4.78 is 0. The van der Waals surface area contributed by atoms with Gasteiger partial charge in [-0.15, -0.1) is 0 Å². The molecule has 1 N–H and O–H groups in total. The quantitative estimate of drug-likeness (QED) is 0.650. The van der Waals surface area contributed by atoms with Crippen molar-refractivity contribution in [2.45, 2.75) is 6.54 Å². The van der Waals surface area contributed by atoms with E-state index in [9.17, 15) is 14.4 Å². The highest BCUT2D eigenvalue weighted by Gasteiger charge is 2.35. The zero-order valence-electron chi connectivity index (χ0n) is 14.9. The molecule has 27 heavy (non-hydrogen) atoms. The Balaban J connectivity index is 1.89. The first kappa shape index (κ1) is 18.7. The Kier molecular flexibility index (Phi) is 5.28. The van der Waals surface area contributed by atoms with Gasteiger partial charge >= 0.3 is 6.03 Å². The largest absolute Gasteiger partial charge is 0.378 e. The van der Waals surface area contributed by atoms with E-state index >= 15 is 0 Å². The van der Waals surface area contributed by atoms with Crippen LogP contribution in [-0.2, 0) is 16.1 Å². The molecular weight excluding hydrogens is 366 g/mol. The van der Waals surface area contributed by atoms with E-state index in [4.69, 9.17) is 11.6 Å². The summed E-state index contributed by atoms with van der Waals surface area (Å²) in [5.74, 6) is -1.36. The Morgan fingerprint density at radius 3 is 2.33 bits per heavy atom. The summed E-state index contributed by atoms with van der Waals surface area (Å²) in [6, 6.07) is 13.5. The predicted molar refractivity (Wildman–Crippen MR) is 104 cm³/mol. The van der Waals surface area contributed by atoms with Crippen LogP contribution in [0.1, 0.15) is 11.1 Å². The Morgan fingerprint density at radius 1 is 1.04 bits per heavy atom. The molecule has 1 fully saturated rings.